The van der Waals surface area contributed by atoms with E-state index in [0.717, 1.165) is 6.07 Å². The molecule has 1 saturated heterocycles. The van der Waals surface area contributed by atoms with Crippen molar-refractivity contribution in [2.45, 2.75) is 17.9 Å². The average molecular weight is 316 g/mol. The Labute approximate surface area is 121 Å². The number of nitrogens with zero attached hydrogens (tertiary/aromatic N) is 1. The minimum absolute atomic E-state index is 0.121. The molecule has 1 aliphatic heterocycles. The Kier molecular flexibility index (Phi) is 4.33. The molecule has 8 nitrogen and oxygen atoms in total. The highest BCUT2D eigenvalue weighted by atomic mass is 32.2. The molecule has 2 rings (SSSR count). The Bertz CT molecular complexity index is 650. The molecule has 0 bridgehead atoms. The number of esters is 1. The van der Waals surface area contributed by atoms with Gasteiger partial charge in [-0.15, -0.1) is 0 Å². The van der Waals surface area contributed by atoms with Crippen LogP contribution in [-0.2, 0) is 19.6 Å². The Hall–Kier alpha value is -1.87. The minimum Gasteiger partial charge on any atom is -0.469 e. The maximum absolute atomic E-state index is 12.2. The third-order valence-corrected chi connectivity index (χ3v) is 4.10. The van der Waals surface area contributed by atoms with E-state index >= 15 is 0 Å². The van der Waals surface area contributed by atoms with Gasteiger partial charge in [-0.05, 0) is 25.0 Å². The van der Waals surface area contributed by atoms with E-state index in [0.29, 0.717) is 19.4 Å². The minimum atomic E-state index is -3.99. The number of methoxy groups -OCH3 is 1. The van der Waals surface area contributed by atoms with Gasteiger partial charge in [-0.3, -0.25) is 9.59 Å². The lowest BCUT2D eigenvalue weighted by atomic mass is 9.98. The number of sulfonamides is 1. The monoisotopic (exact) mass is 316 g/mol. The van der Waals surface area contributed by atoms with Gasteiger partial charge in [-0.1, -0.05) is 0 Å². The molecule has 0 aliphatic carbocycles. The molecule has 116 valence electrons. The van der Waals surface area contributed by atoms with Crippen molar-refractivity contribution >= 4 is 21.9 Å². The molecule has 0 aromatic carbocycles. The Balaban J connectivity index is 2.13. The van der Waals surface area contributed by atoms with Crippen LogP contribution in [0.15, 0.2) is 21.6 Å². The number of amides is 1. The number of hydrogen-bond acceptors (Lipinski definition) is 6. The van der Waals surface area contributed by atoms with Crippen molar-refractivity contribution in [1.82, 2.24) is 4.90 Å². The fourth-order valence-electron chi connectivity index (χ4n) is 2.26. The van der Waals surface area contributed by atoms with E-state index < -0.39 is 21.0 Å². The highest BCUT2D eigenvalue weighted by Crippen LogP contribution is 2.21. The maximum atomic E-state index is 12.2. The Morgan fingerprint density at radius 3 is 2.71 bits per heavy atom. The number of likely N-dealkylation sites (tertiary alicyclic amines) is 1. The van der Waals surface area contributed by atoms with Gasteiger partial charge >= 0.3 is 5.97 Å². The number of nitrogens with two attached hydrogens (primary N) is 1. The number of carbonyl (C=O) groups is 2. The van der Waals surface area contributed by atoms with Gasteiger partial charge in [0.05, 0.1) is 13.0 Å². The normalized spacial score (nSPS) is 19.3. The fraction of sp³-hybridized carbons (Fsp3) is 0.500. The zero-order valence-corrected chi connectivity index (χ0v) is 12.3. The zero-order valence-electron chi connectivity index (χ0n) is 11.4. The topological polar surface area (TPSA) is 120 Å². The van der Waals surface area contributed by atoms with Crippen LogP contribution in [0.1, 0.15) is 23.4 Å². The summed E-state index contributed by atoms with van der Waals surface area (Å²) in [6, 6.07) is 2.38. The number of piperidine rings is 1. The van der Waals surface area contributed by atoms with Crippen molar-refractivity contribution < 1.29 is 27.2 Å². The van der Waals surface area contributed by atoms with Crippen molar-refractivity contribution in [3.8, 4) is 0 Å². The lowest BCUT2D eigenvalue weighted by molar-refractivity contribution is -0.146. The molecule has 9 heteroatoms. The van der Waals surface area contributed by atoms with E-state index in [2.05, 4.69) is 4.74 Å². The summed E-state index contributed by atoms with van der Waals surface area (Å²) in [4.78, 5) is 25.2. The molecule has 1 aromatic rings. The summed E-state index contributed by atoms with van der Waals surface area (Å²) < 4.78 is 31.9. The van der Waals surface area contributed by atoms with E-state index in [9.17, 15) is 18.0 Å². The average Bonchev–Trinajstić information content (AvgIpc) is 2.95. The molecule has 1 unspecified atom stereocenters. The van der Waals surface area contributed by atoms with Crippen LogP contribution >= 0.6 is 0 Å². The van der Waals surface area contributed by atoms with Crippen molar-refractivity contribution in [2.24, 2.45) is 11.1 Å². The first-order valence-electron chi connectivity index (χ1n) is 6.32. The number of ether oxygens (including phenoxy) is 1. The fourth-order valence-corrected chi connectivity index (χ4v) is 2.73. The van der Waals surface area contributed by atoms with Gasteiger partial charge in [0.15, 0.2) is 5.76 Å². The Morgan fingerprint density at radius 2 is 2.14 bits per heavy atom. The van der Waals surface area contributed by atoms with Gasteiger partial charge in [-0.25, -0.2) is 13.6 Å². The standard InChI is InChI=1S/C12H16N2O6S/c1-19-12(16)8-3-2-6-14(7-8)11(15)9-4-5-10(20-9)21(13,17)18/h4-5,8H,2-3,6-7H2,1H3,(H2,13,17,18). The van der Waals surface area contributed by atoms with Gasteiger partial charge < -0.3 is 14.1 Å². The van der Waals surface area contributed by atoms with E-state index in [1.54, 1.807) is 0 Å². The van der Waals surface area contributed by atoms with Crippen LogP contribution in [-0.4, -0.2) is 45.4 Å². The third kappa shape index (κ3) is 3.42. The van der Waals surface area contributed by atoms with Crippen LogP contribution in [0.4, 0.5) is 0 Å². The highest BCUT2D eigenvalue weighted by molar-refractivity contribution is 7.89. The van der Waals surface area contributed by atoms with Crippen molar-refractivity contribution in [2.75, 3.05) is 20.2 Å². The molecule has 0 radical (unpaired) electrons. The molecule has 1 aliphatic rings. The van der Waals surface area contributed by atoms with Crippen LogP contribution in [0, 0.1) is 5.92 Å². The molecule has 0 saturated carbocycles. The second-order valence-electron chi connectivity index (χ2n) is 4.78. The predicted molar refractivity (Wildman–Crippen MR) is 70.7 cm³/mol. The number of furan rings is 1. The zero-order chi connectivity index (χ0) is 15.6. The molecule has 1 atom stereocenters. The van der Waals surface area contributed by atoms with Gasteiger partial charge in [0, 0.05) is 13.1 Å². The summed E-state index contributed by atoms with van der Waals surface area (Å²) in [6.07, 6.45) is 1.31. The van der Waals surface area contributed by atoms with E-state index in [4.69, 9.17) is 9.56 Å². The van der Waals surface area contributed by atoms with Crippen molar-refractivity contribution in [3.63, 3.8) is 0 Å². The van der Waals surface area contributed by atoms with Gasteiger partial charge in [0.1, 0.15) is 0 Å². The summed E-state index contributed by atoms with van der Waals surface area (Å²) >= 11 is 0. The van der Waals surface area contributed by atoms with Gasteiger partial charge in [0.25, 0.3) is 15.9 Å². The molecular weight excluding hydrogens is 300 g/mol. The molecule has 1 aromatic heterocycles. The first-order chi connectivity index (χ1) is 9.82. The van der Waals surface area contributed by atoms with Gasteiger partial charge in [-0.2, -0.15) is 0 Å². The van der Waals surface area contributed by atoms with Crippen LogP contribution < -0.4 is 5.14 Å². The second-order valence-corrected chi connectivity index (χ2v) is 6.27. The van der Waals surface area contributed by atoms with Crippen molar-refractivity contribution in [3.05, 3.63) is 17.9 Å². The second kappa shape index (κ2) is 5.86. The molecule has 1 fully saturated rings. The first-order valence-corrected chi connectivity index (χ1v) is 7.87. The van der Waals surface area contributed by atoms with E-state index in [1.807, 2.05) is 0 Å². The molecule has 2 heterocycles. The number of primary sulfonamides is 1. The largest absolute Gasteiger partial charge is 0.469 e. The summed E-state index contributed by atoms with van der Waals surface area (Å²) in [7, 11) is -2.69. The van der Waals surface area contributed by atoms with Gasteiger partial charge in [0.2, 0.25) is 5.09 Å². The van der Waals surface area contributed by atoms with E-state index in [-0.39, 0.29) is 24.2 Å². The number of carbonyl (C=O) groups excluding carboxylic acids is 2. The molecule has 21 heavy (non-hydrogen) atoms. The summed E-state index contributed by atoms with van der Waals surface area (Å²) in [6.45, 7) is 0.689. The molecule has 2 N–H and O–H groups in total. The summed E-state index contributed by atoms with van der Waals surface area (Å²) in [5, 5.41) is 4.46. The third-order valence-electron chi connectivity index (χ3n) is 3.32. The first kappa shape index (κ1) is 15.5. The highest BCUT2D eigenvalue weighted by Gasteiger charge is 2.31. The molecule has 1 amide bonds. The number of rotatable bonds is 3. The summed E-state index contributed by atoms with van der Waals surface area (Å²) in [5.74, 6) is -1.33. The lowest BCUT2D eigenvalue weighted by Crippen LogP contribution is -2.42. The quantitative estimate of drug-likeness (QED) is 0.781. The van der Waals surface area contributed by atoms with Crippen molar-refractivity contribution in [1.29, 1.82) is 0 Å². The van der Waals surface area contributed by atoms with Crippen LogP contribution in [0.5, 0.6) is 0 Å². The molecule has 0 spiro atoms. The van der Waals surface area contributed by atoms with Crippen LogP contribution in [0.3, 0.4) is 0 Å². The van der Waals surface area contributed by atoms with Crippen LogP contribution in [0.25, 0.3) is 0 Å². The maximum Gasteiger partial charge on any atom is 0.310 e. The number of hydrogen-bond donors (Lipinski definition) is 1. The van der Waals surface area contributed by atoms with Crippen LogP contribution in [0.2, 0.25) is 0 Å². The SMILES string of the molecule is COC(=O)C1CCCN(C(=O)c2ccc(S(N)(=O)=O)o2)C1. The summed E-state index contributed by atoms with van der Waals surface area (Å²) in [5.41, 5.74) is 0. The van der Waals surface area contributed by atoms with E-state index in [1.165, 1.54) is 18.1 Å². The predicted octanol–water partition coefficient (Wildman–Crippen LogP) is -0.0478. The smallest absolute Gasteiger partial charge is 0.310 e. The lowest BCUT2D eigenvalue weighted by Gasteiger charge is -2.30. The molecular formula is C12H16N2O6S. The Morgan fingerprint density at radius 1 is 1.43 bits per heavy atom.